The van der Waals surface area contributed by atoms with Gasteiger partial charge in [0.15, 0.2) is 0 Å². The van der Waals surface area contributed by atoms with Crippen molar-refractivity contribution in [2.24, 2.45) is 0 Å². The first-order valence-corrected chi connectivity index (χ1v) is 8.30. The summed E-state index contributed by atoms with van der Waals surface area (Å²) in [4.78, 5) is 24.5. The smallest absolute Gasteiger partial charge is 0.493 e. The average Bonchev–Trinajstić information content (AvgIpc) is 2.69. The number of ether oxygens (including phenoxy) is 1. The van der Waals surface area contributed by atoms with E-state index in [1.54, 1.807) is 14.2 Å². The SMILES string of the molecule is COB(OC)c1ccc(C[C@@H](NC(=O)c2ccc(O)cc2)C(=O)OC)cc1. The van der Waals surface area contributed by atoms with Crippen molar-refractivity contribution in [3.8, 4) is 5.75 Å². The molecule has 0 saturated heterocycles. The number of methoxy groups -OCH3 is 1. The lowest BCUT2D eigenvalue weighted by atomic mass is 9.78. The molecule has 8 heteroatoms. The second-order valence-corrected chi connectivity index (χ2v) is 5.85. The molecular weight excluding hydrogens is 349 g/mol. The van der Waals surface area contributed by atoms with Crippen LogP contribution in [0.4, 0.5) is 0 Å². The Bertz CT molecular complexity index is 759. The highest BCUT2D eigenvalue weighted by Gasteiger charge is 2.23. The number of rotatable bonds is 8. The Morgan fingerprint density at radius 3 is 2.11 bits per heavy atom. The minimum Gasteiger partial charge on any atom is -0.508 e. The molecule has 1 amide bonds. The molecule has 27 heavy (non-hydrogen) atoms. The maximum Gasteiger partial charge on any atom is 0.493 e. The molecule has 2 rings (SSSR count). The molecule has 2 aromatic rings. The van der Waals surface area contributed by atoms with E-state index in [9.17, 15) is 14.7 Å². The number of benzene rings is 2. The first-order chi connectivity index (χ1) is 13.0. The van der Waals surface area contributed by atoms with Gasteiger partial charge in [-0.3, -0.25) is 4.79 Å². The van der Waals surface area contributed by atoms with E-state index in [0.717, 1.165) is 11.0 Å². The molecule has 7 nitrogen and oxygen atoms in total. The van der Waals surface area contributed by atoms with Crippen molar-refractivity contribution >= 4 is 24.5 Å². The molecule has 0 bridgehead atoms. The highest BCUT2D eigenvalue weighted by Crippen LogP contribution is 2.11. The van der Waals surface area contributed by atoms with E-state index in [2.05, 4.69) is 5.32 Å². The molecule has 0 heterocycles. The molecule has 2 N–H and O–H groups in total. The van der Waals surface area contributed by atoms with Crippen LogP contribution in [-0.4, -0.2) is 51.5 Å². The van der Waals surface area contributed by atoms with Gasteiger partial charge < -0.3 is 24.5 Å². The van der Waals surface area contributed by atoms with Crippen LogP contribution in [0.15, 0.2) is 48.5 Å². The van der Waals surface area contributed by atoms with Crippen LogP contribution in [0.5, 0.6) is 5.75 Å². The number of carbonyl (C=O) groups is 2. The number of phenolic OH excluding ortho intramolecular Hbond substituents is 1. The van der Waals surface area contributed by atoms with Gasteiger partial charge in [0.2, 0.25) is 0 Å². The third-order valence-corrected chi connectivity index (χ3v) is 4.04. The summed E-state index contributed by atoms with van der Waals surface area (Å²) in [7, 11) is 3.90. The van der Waals surface area contributed by atoms with Gasteiger partial charge in [-0.1, -0.05) is 24.3 Å². The van der Waals surface area contributed by atoms with E-state index in [-0.39, 0.29) is 12.2 Å². The molecule has 142 valence electrons. The summed E-state index contributed by atoms with van der Waals surface area (Å²) in [5.74, 6) is -0.916. The average molecular weight is 371 g/mol. The number of hydrogen-bond acceptors (Lipinski definition) is 6. The Balaban J connectivity index is 2.11. The molecule has 0 aliphatic heterocycles. The molecule has 0 unspecified atom stereocenters. The Kier molecular flexibility index (Phi) is 7.39. The topological polar surface area (TPSA) is 94.1 Å². The predicted octanol–water partition coefficient (Wildman–Crippen LogP) is 0.894. The molecule has 0 spiro atoms. The van der Waals surface area contributed by atoms with Crippen molar-refractivity contribution in [1.29, 1.82) is 0 Å². The first kappa shape index (κ1) is 20.5. The third kappa shape index (κ3) is 5.57. The maximum atomic E-state index is 12.4. The van der Waals surface area contributed by atoms with E-state index in [0.29, 0.717) is 5.56 Å². The minimum atomic E-state index is -0.845. The summed E-state index contributed by atoms with van der Waals surface area (Å²) in [6.45, 7) is 0. The van der Waals surface area contributed by atoms with Gasteiger partial charge in [-0.05, 0) is 35.3 Å². The second-order valence-electron chi connectivity index (χ2n) is 5.85. The zero-order chi connectivity index (χ0) is 19.8. The standard InChI is InChI=1S/C19H22BNO6/c1-25-19(24)17(21-18(23)14-6-10-16(22)11-7-14)12-13-4-8-15(9-5-13)20(26-2)27-3/h4-11,17,22H,12H2,1-3H3,(H,21,23)/t17-/m1/s1. The number of amides is 1. The summed E-state index contributed by atoms with van der Waals surface area (Å²) in [6.07, 6.45) is 0.265. The Hall–Kier alpha value is -2.84. The van der Waals surface area contributed by atoms with E-state index >= 15 is 0 Å². The van der Waals surface area contributed by atoms with E-state index < -0.39 is 25.0 Å². The third-order valence-electron chi connectivity index (χ3n) is 4.04. The van der Waals surface area contributed by atoms with Gasteiger partial charge in [-0.2, -0.15) is 0 Å². The number of carbonyl (C=O) groups excluding carboxylic acids is 2. The first-order valence-electron chi connectivity index (χ1n) is 8.30. The van der Waals surface area contributed by atoms with Gasteiger partial charge >= 0.3 is 13.1 Å². The Labute approximate surface area is 158 Å². The fraction of sp³-hybridized carbons (Fsp3) is 0.263. The molecule has 0 fully saturated rings. The highest BCUT2D eigenvalue weighted by atomic mass is 16.6. The summed E-state index contributed by atoms with van der Waals surface area (Å²) >= 11 is 0. The maximum absolute atomic E-state index is 12.4. The molecule has 0 aliphatic rings. The van der Waals surface area contributed by atoms with Gasteiger partial charge in [-0.15, -0.1) is 0 Å². The second kappa shape index (κ2) is 9.75. The Morgan fingerprint density at radius 1 is 1.00 bits per heavy atom. The highest BCUT2D eigenvalue weighted by molar-refractivity contribution is 6.61. The fourth-order valence-electron chi connectivity index (χ4n) is 2.60. The molecule has 0 radical (unpaired) electrons. The van der Waals surface area contributed by atoms with E-state index in [1.807, 2.05) is 24.3 Å². The van der Waals surface area contributed by atoms with Crippen LogP contribution in [0.2, 0.25) is 0 Å². The van der Waals surface area contributed by atoms with Crippen LogP contribution in [0.1, 0.15) is 15.9 Å². The predicted molar refractivity (Wildman–Crippen MR) is 101 cm³/mol. The summed E-state index contributed by atoms with van der Waals surface area (Å²) < 4.78 is 15.2. The number of hydrogen-bond donors (Lipinski definition) is 2. The summed E-state index contributed by atoms with van der Waals surface area (Å²) in [5, 5.41) is 12.0. The number of nitrogens with one attached hydrogen (secondary N) is 1. The van der Waals surface area contributed by atoms with Gasteiger partial charge in [0.05, 0.1) is 7.11 Å². The molecule has 2 aromatic carbocycles. The zero-order valence-corrected chi connectivity index (χ0v) is 15.5. The quantitative estimate of drug-likeness (QED) is 0.529. The lowest BCUT2D eigenvalue weighted by Gasteiger charge is -2.17. The van der Waals surface area contributed by atoms with Crippen molar-refractivity contribution in [1.82, 2.24) is 5.32 Å². The largest absolute Gasteiger partial charge is 0.508 e. The van der Waals surface area contributed by atoms with Crippen LogP contribution >= 0.6 is 0 Å². The fourth-order valence-corrected chi connectivity index (χ4v) is 2.60. The van der Waals surface area contributed by atoms with Crippen molar-refractivity contribution in [3.63, 3.8) is 0 Å². The van der Waals surface area contributed by atoms with Crippen LogP contribution in [-0.2, 0) is 25.3 Å². The molecular formula is C19H22BNO6. The summed E-state index contributed by atoms with van der Waals surface area (Å²) in [6, 6.07) is 12.3. The molecule has 0 aliphatic carbocycles. The molecule has 0 saturated carbocycles. The van der Waals surface area contributed by atoms with Gasteiger partial charge in [0, 0.05) is 26.2 Å². The van der Waals surface area contributed by atoms with Crippen LogP contribution < -0.4 is 10.8 Å². The summed E-state index contributed by atoms with van der Waals surface area (Å²) in [5.41, 5.74) is 2.01. The lowest BCUT2D eigenvalue weighted by Crippen LogP contribution is -2.43. The van der Waals surface area contributed by atoms with Gasteiger partial charge in [-0.25, -0.2) is 4.79 Å². The van der Waals surface area contributed by atoms with Crippen molar-refractivity contribution < 1.29 is 28.7 Å². The number of phenols is 1. The van der Waals surface area contributed by atoms with Crippen LogP contribution in [0.25, 0.3) is 0 Å². The van der Waals surface area contributed by atoms with Crippen LogP contribution in [0.3, 0.4) is 0 Å². The van der Waals surface area contributed by atoms with Gasteiger partial charge in [0.1, 0.15) is 11.8 Å². The molecule has 1 atom stereocenters. The normalized spacial score (nSPS) is 11.5. The monoisotopic (exact) mass is 371 g/mol. The Morgan fingerprint density at radius 2 is 1.59 bits per heavy atom. The number of esters is 1. The van der Waals surface area contributed by atoms with Crippen LogP contribution in [0, 0.1) is 0 Å². The zero-order valence-electron chi connectivity index (χ0n) is 15.5. The minimum absolute atomic E-state index is 0.0570. The van der Waals surface area contributed by atoms with Crippen molar-refractivity contribution in [3.05, 3.63) is 59.7 Å². The van der Waals surface area contributed by atoms with Crippen molar-refractivity contribution in [2.45, 2.75) is 12.5 Å². The van der Waals surface area contributed by atoms with Gasteiger partial charge in [0.25, 0.3) is 5.91 Å². The lowest BCUT2D eigenvalue weighted by molar-refractivity contribution is -0.142. The van der Waals surface area contributed by atoms with E-state index in [1.165, 1.54) is 31.4 Å². The van der Waals surface area contributed by atoms with Crippen molar-refractivity contribution in [2.75, 3.05) is 21.3 Å². The van der Waals surface area contributed by atoms with E-state index in [4.69, 9.17) is 14.0 Å². The molecule has 0 aromatic heterocycles. The number of aromatic hydroxyl groups is 1.